The number of allylic oxidation sites excluding steroid dienone is 5. The predicted molar refractivity (Wildman–Crippen MR) is 265 cm³/mol. The number of aromatic amines is 2. The van der Waals surface area contributed by atoms with E-state index >= 15 is 0 Å². The number of ether oxygens (including phenoxy) is 6. The Morgan fingerprint density at radius 3 is 1.87 bits per heavy atom. The molecule has 2 atom stereocenters. The van der Waals surface area contributed by atoms with E-state index in [0.717, 1.165) is 44.4 Å². The summed E-state index contributed by atoms with van der Waals surface area (Å²) in [7, 11) is 2.55. The molecule has 8 bridgehead atoms. The van der Waals surface area contributed by atoms with Gasteiger partial charge in [0.15, 0.2) is 0 Å². The number of aliphatic hydroxyl groups is 2. The molecule has 376 valence electrons. The molecule has 2 aliphatic heterocycles. The first-order valence-electron chi connectivity index (χ1n) is 23.5. The van der Waals surface area contributed by atoms with Gasteiger partial charge in [-0.3, -0.25) is 19.4 Å². The van der Waals surface area contributed by atoms with Crippen LogP contribution in [0.15, 0.2) is 48.6 Å². The minimum atomic E-state index is -1.20. The number of methoxy groups -OCH3 is 2. The van der Waals surface area contributed by atoms with Crippen LogP contribution in [0.25, 0.3) is 44.9 Å². The lowest BCUT2D eigenvalue weighted by Gasteiger charge is -2.36. The summed E-state index contributed by atoms with van der Waals surface area (Å²) >= 11 is 0. The van der Waals surface area contributed by atoms with Crippen LogP contribution in [0.2, 0.25) is 0 Å². The molecule has 18 heteroatoms. The van der Waals surface area contributed by atoms with Crippen molar-refractivity contribution < 1.29 is 57.8 Å². The zero-order chi connectivity index (χ0) is 50.4. The average Bonchev–Trinajstić information content (AvgIpc) is 4.01. The maximum atomic E-state index is 13.9. The molecule has 0 aromatic carbocycles. The number of aliphatic hydroxyl groups excluding tert-OH is 2. The normalized spacial score (nSPS) is 16.3. The highest BCUT2D eigenvalue weighted by Crippen LogP contribution is 2.52. The maximum Gasteiger partial charge on any atom is 0.334 e. The number of carbonyl (C=O) groups is 4. The highest BCUT2D eigenvalue weighted by atomic mass is 16.5. The molecule has 0 fully saturated rings. The molecule has 0 saturated heterocycles. The molecule has 6 N–H and O–H groups in total. The first-order valence-corrected chi connectivity index (χ1v) is 23.5. The number of aryl methyl sites for hydroxylation is 3. The Morgan fingerprint density at radius 2 is 1.27 bits per heavy atom. The Morgan fingerprint density at radius 1 is 0.700 bits per heavy atom. The predicted octanol–water partition coefficient (Wildman–Crippen LogP) is 4.75. The Kier molecular flexibility index (Phi) is 19.0. The molecule has 0 radical (unpaired) electrons. The summed E-state index contributed by atoms with van der Waals surface area (Å²) in [5.41, 5.74) is 10.1. The van der Waals surface area contributed by atoms with Crippen molar-refractivity contribution in [3.8, 4) is 0 Å². The van der Waals surface area contributed by atoms with Gasteiger partial charge in [-0.05, 0) is 98.2 Å². The third-order valence-electron chi connectivity index (χ3n) is 12.9. The van der Waals surface area contributed by atoms with Crippen molar-refractivity contribution in [2.45, 2.75) is 58.8 Å². The number of H-pyrrole nitrogens is 2. The SMILES string of the molecule is C=Cc1c(C)c2cc3nc(cc4[nH]c(cc5nc(cc1[nH]2)C(C)=C5CCC(=O)NCCOCCOCCO)c(CCC(=O)NCCOCCOCCO)c4C)C1(C)C3=CC=C(C(=O)OC)C1C(=O)OC. The molecule has 3 aromatic rings. The van der Waals surface area contributed by atoms with Crippen LogP contribution in [0.5, 0.6) is 0 Å². The molecule has 3 aliphatic rings. The van der Waals surface area contributed by atoms with E-state index in [0.29, 0.717) is 98.3 Å². The molecule has 2 amide bonds. The van der Waals surface area contributed by atoms with E-state index in [4.69, 9.17) is 48.6 Å². The number of hydrogen-bond acceptors (Lipinski definition) is 14. The van der Waals surface area contributed by atoms with Crippen LogP contribution in [0.4, 0.5) is 0 Å². The number of nitrogens with one attached hydrogen (secondary N) is 4. The van der Waals surface area contributed by atoms with Gasteiger partial charge in [-0.2, -0.15) is 0 Å². The van der Waals surface area contributed by atoms with Crippen molar-refractivity contribution in [2.75, 3.05) is 93.4 Å². The fourth-order valence-electron chi connectivity index (χ4n) is 9.07. The average molecular weight is 967 g/mol. The molecule has 18 nitrogen and oxygen atoms in total. The van der Waals surface area contributed by atoms with Gasteiger partial charge >= 0.3 is 11.9 Å². The summed E-state index contributed by atoms with van der Waals surface area (Å²) in [5.74, 6) is -2.75. The van der Waals surface area contributed by atoms with Crippen LogP contribution in [0, 0.1) is 19.8 Å². The summed E-state index contributed by atoms with van der Waals surface area (Å²) in [6.07, 6.45) is 6.22. The lowest BCUT2D eigenvalue weighted by Crippen LogP contribution is -2.42. The zero-order valence-electron chi connectivity index (χ0n) is 41.0. The minimum absolute atomic E-state index is 0.0603. The quantitative estimate of drug-likeness (QED) is 0.0496. The fourth-order valence-corrected chi connectivity index (χ4v) is 9.07. The summed E-state index contributed by atoms with van der Waals surface area (Å²) in [6, 6.07) is 7.74. The van der Waals surface area contributed by atoms with Gasteiger partial charge in [-0.1, -0.05) is 24.8 Å². The number of aromatic nitrogens is 4. The number of nitrogens with zero attached hydrogens (tertiary/aromatic N) is 2. The lowest BCUT2D eigenvalue weighted by molar-refractivity contribution is -0.149. The van der Waals surface area contributed by atoms with Gasteiger partial charge in [0, 0.05) is 53.6 Å². The Labute approximate surface area is 407 Å². The van der Waals surface area contributed by atoms with E-state index < -0.39 is 23.3 Å². The van der Waals surface area contributed by atoms with Crippen molar-refractivity contribution >= 4 is 68.6 Å². The van der Waals surface area contributed by atoms with Crippen LogP contribution >= 0.6 is 0 Å². The van der Waals surface area contributed by atoms with Gasteiger partial charge in [0.05, 0.1) is 114 Å². The number of rotatable bonds is 25. The van der Waals surface area contributed by atoms with Gasteiger partial charge in [0.1, 0.15) is 5.92 Å². The maximum absolute atomic E-state index is 13.9. The fraction of sp³-hybridized carbons (Fsp3) is 0.462. The number of esters is 2. The molecular weight excluding hydrogens is 901 g/mol. The summed E-state index contributed by atoms with van der Waals surface area (Å²) in [6.45, 7) is 14.9. The second kappa shape index (κ2) is 25.0. The number of carbonyl (C=O) groups excluding carboxylic acids is 4. The van der Waals surface area contributed by atoms with Crippen LogP contribution in [0.3, 0.4) is 0 Å². The molecule has 5 heterocycles. The van der Waals surface area contributed by atoms with Crippen LogP contribution in [-0.2, 0) is 59.4 Å². The number of fused-ring (bicyclic) bond motifs is 11. The van der Waals surface area contributed by atoms with Crippen LogP contribution in [0.1, 0.15) is 78.1 Å². The molecule has 3 aromatic heterocycles. The molecule has 6 rings (SSSR count). The van der Waals surface area contributed by atoms with E-state index in [1.165, 1.54) is 14.2 Å². The van der Waals surface area contributed by atoms with Crippen molar-refractivity contribution in [3.05, 3.63) is 93.6 Å². The van der Waals surface area contributed by atoms with Crippen molar-refractivity contribution in [3.63, 3.8) is 0 Å². The third kappa shape index (κ3) is 12.2. The van der Waals surface area contributed by atoms with Gasteiger partial charge in [-0.15, -0.1) is 0 Å². The van der Waals surface area contributed by atoms with Gasteiger partial charge in [0.25, 0.3) is 0 Å². The standard InChI is InChI=1S/C52H66N6O12/c1-8-34-31(2)40-28-45-38-12-9-37(50(63)65-6)49(51(64)66-7)52(38,5)46(58-45)30-41-33(4)36(11-14-48(62)54-16-20-68-24-26-70-22-18-60)44(57-41)29-43-35(32(3)39(56-43)27-42(34)55-40)10-13-47(61)53-15-19-67-23-25-69-21-17-59/h8-9,12,27-30,49,55,57,59-60H,1,10-11,13-26H2,2-7H3,(H,53,61)(H,54,62). The minimum Gasteiger partial charge on any atom is -0.469 e. The van der Waals surface area contributed by atoms with Crippen LogP contribution in [-0.4, -0.2) is 147 Å². The van der Waals surface area contributed by atoms with E-state index in [1.54, 1.807) is 12.2 Å². The van der Waals surface area contributed by atoms with Crippen molar-refractivity contribution in [1.29, 1.82) is 0 Å². The lowest BCUT2D eigenvalue weighted by atomic mass is 9.64. The first kappa shape index (κ1) is 53.1. The van der Waals surface area contributed by atoms with Gasteiger partial charge < -0.3 is 59.2 Å². The van der Waals surface area contributed by atoms with E-state index in [2.05, 4.69) is 27.2 Å². The summed E-state index contributed by atoms with van der Waals surface area (Å²) in [4.78, 5) is 71.5. The topological polar surface area (TPSA) is 246 Å². The monoisotopic (exact) mass is 966 g/mol. The van der Waals surface area contributed by atoms with Crippen molar-refractivity contribution in [1.82, 2.24) is 30.6 Å². The number of hydrogen-bond donors (Lipinski definition) is 6. The Balaban J connectivity index is 1.47. The van der Waals surface area contributed by atoms with E-state index in [1.807, 2.05) is 58.0 Å². The Hall–Kier alpha value is -6.28. The molecule has 0 spiro atoms. The van der Waals surface area contributed by atoms with Gasteiger partial charge in [0.2, 0.25) is 11.8 Å². The smallest absolute Gasteiger partial charge is 0.334 e. The molecule has 70 heavy (non-hydrogen) atoms. The second-order valence-electron chi connectivity index (χ2n) is 17.1. The van der Waals surface area contributed by atoms with Crippen LogP contribution < -0.4 is 10.6 Å². The first-order chi connectivity index (χ1) is 33.8. The largest absolute Gasteiger partial charge is 0.469 e. The zero-order valence-corrected chi connectivity index (χ0v) is 41.0. The Bertz CT molecular complexity index is 2700. The molecule has 1 aliphatic carbocycles. The summed E-state index contributed by atoms with van der Waals surface area (Å²) < 4.78 is 32.1. The highest BCUT2D eigenvalue weighted by Gasteiger charge is 2.53. The van der Waals surface area contributed by atoms with Gasteiger partial charge in [-0.25, -0.2) is 9.78 Å². The number of amides is 2. The van der Waals surface area contributed by atoms with Crippen molar-refractivity contribution in [2.24, 2.45) is 5.92 Å². The van der Waals surface area contributed by atoms with E-state index in [9.17, 15) is 19.2 Å². The highest BCUT2D eigenvalue weighted by molar-refractivity contribution is 6.02. The van der Waals surface area contributed by atoms with E-state index in [-0.39, 0.29) is 63.3 Å². The summed E-state index contributed by atoms with van der Waals surface area (Å²) in [5, 5.41) is 23.7. The molecule has 2 unspecified atom stereocenters. The molecular formula is C52H66N6O12. The third-order valence-corrected chi connectivity index (χ3v) is 12.9. The second-order valence-corrected chi connectivity index (χ2v) is 17.1. The molecule has 0 saturated carbocycles.